The summed E-state index contributed by atoms with van der Waals surface area (Å²) in [6.45, 7) is 7.03. The van der Waals surface area contributed by atoms with Crippen LogP contribution in [0.15, 0.2) is 30.3 Å². The van der Waals surface area contributed by atoms with Crippen molar-refractivity contribution < 1.29 is 14.3 Å². The van der Waals surface area contributed by atoms with Crippen molar-refractivity contribution in [3.63, 3.8) is 0 Å². The number of ether oxygens (including phenoxy) is 1. The zero-order valence-electron chi connectivity index (χ0n) is 17.5. The van der Waals surface area contributed by atoms with E-state index in [1.165, 1.54) is 4.68 Å². The van der Waals surface area contributed by atoms with Crippen molar-refractivity contribution in [2.45, 2.75) is 27.7 Å². The van der Waals surface area contributed by atoms with Crippen molar-refractivity contribution in [1.82, 2.24) is 9.78 Å². The molecule has 0 saturated heterocycles. The lowest BCUT2D eigenvalue weighted by Crippen LogP contribution is -2.15. The Labute approximate surface area is 185 Å². The Morgan fingerprint density at radius 1 is 1.03 bits per heavy atom. The molecule has 0 bridgehead atoms. The number of rotatable bonds is 6. The maximum atomic E-state index is 13.3. The van der Waals surface area contributed by atoms with E-state index in [1.54, 1.807) is 39.1 Å². The second-order valence-electron chi connectivity index (χ2n) is 7.29. The average Bonchev–Trinajstić information content (AvgIpc) is 3.00. The van der Waals surface area contributed by atoms with Gasteiger partial charge in [-0.05, 0) is 44.9 Å². The van der Waals surface area contributed by atoms with E-state index in [0.29, 0.717) is 32.4 Å². The van der Waals surface area contributed by atoms with Crippen LogP contribution < -0.4 is 4.74 Å². The molecule has 0 fully saturated rings. The average molecular weight is 445 g/mol. The van der Waals surface area contributed by atoms with Crippen LogP contribution in [-0.4, -0.2) is 28.0 Å². The highest BCUT2D eigenvalue weighted by Gasteiger charge is 2.26. The van der Waals surface area contributed by atoms with Crippen molar-refractivity contribution in [3.8, 4) is 5.88 Å². The quantitative estimate of drug-likeness (QED) is 0.473. The van der Waals surface area contributed by atoms with Gasteiger partial charge >= 0.3 is 0 Å². The fraction of sp³-hybridized carbons (Fsp3) is 0.261. The van der Waals surface area contributed by atoms with Crippen molar-refractivity contribution in [1.29, 1.82) is 0 Å². The molecule has 0 spiro atoms. The molecule has 2 aromatic carbocycles. The predicted molar refractivity (Wildman–Crippen MR) is 118 cm³/mol. The molecule has 0 N–H and O–H groups in total. The molecular formula is C23H22Cl2N2O3. The third-order valence-corrected chi connectivity index (χ3v) is 6.03. The summed E-state index contributed by atoms with van der Waals surface area (Å²) in [4.78, 5) is 25.8. The Morgan fingerprint density at radius 3 is 2.30 bits per heavy atom. The Balaban J connectivity index is 1.93. The Kier molecular flexibility index (Phi) is 6.34. The number of hydrogen-bond acceptors (Lipinski definition) is 4. The van der Waals surface area contributed by atoms with Crippen LogP contribution in [0.3, 0.4) is 0 Å². The molecule has 7 heteroatoms. The zero-order chi connectivity index (χ0) is 22.2. The third kappa shape index (κ3) is 4.13. The second kappa shape index (κ2) is 8.62. The number of carbonyl (C=O) groups excluding carboxylic acids is 2. The molecule has 0 radical (unpaired) electrons. The van der Waals surface area contributed by atoms with Crippen LogP contribution in [-0.2, 0) is 7.05 Å². The Morgan fingerprint density at radius 2 is 1.67 bits per heavy atom. The lowest BCUT2D eigenvalue weighted by molar-refractivity contribution is 0.0908. The molecule has 0 atom stereocenters. The van der Waals surface area contributed by atoms with Crippen LogP contribution in [0.25, 0.3) is 0 Å². The SMILES string of the molecule is Cc1ccc(C(=O)COc2c(C(=O)c3cc(C)c(Cl)c(C)c3Cl)c(C)nn2C)cc1. The zero-order valence-corrected chi connectivity index (χ0v) is 19.0. The third-order valence-electron chi connectivity index (χ3n) is 4.96. The van der Waals surface area contributed by atoms with Crippen LogP contribution in [0, 0.1) is 27.7 Å². The molecule has 1 heterocycles. The standard InChI is InChI=1S/C23H22Cl2N2O3/c1-12-6-8-16(9-7-12)18(28)11-30-23-19(15(4)26-27(23)5)22(29)17-10-13(2)20(24)14(3)21(17)25/h6-10H,11H2,1-5H3. The lowest BCUT2D eigenvalue weighted by atomic mass is 9.99. The highest BCUT2D eigenvalue weighted by atomic mass is 35.5. The highest BCUT2D eigenvalue weighted by Crippen LogP contribution is 2.34. The summed E-state index contributed by atoms with van der Waals surface area (Å²) in [6, 6.07) is 8.89. The van der Waals surface area contributed by atoms with E-state index >= 15 is 0 Å². The minimum absolute atomic E-state index is 0.191. The molecule has 30 heavy (non-hydrogen) atoms. The first-order valence-electron chi connectivity index (χ1n) is 9.38. The first-order valence-corrected chi connectivity index (χ1v) is 10.1. The number of aryl methyl sites for hydroxylation is 4. The molecule has 1 aromatic heterocycles. The number of Topliss-reactive ketones (excluding diaryl/α,β-unsaturated/α-hetero) is 1. The number of aromatic nitrogens is 2. The van der Waals surface area contributed by atoms with E-state index in [-0.39, 0.29) is 29.6 Å². The number of nitrogens with zero attached hydrogens (tertiary/aromatic N) is 2. The summed E-state index contributed by atoms with van der Waals surface area (Å²) in [5.74, 6) is -0.297. The van der Waals surface area contributed by atoms with Gasteiger partial charge in [-0.3, -0.25) is 9.59 Å². The molecule has 3 rings (SSSR count). The number of hydrogen-bond donors (Lipinski definition) is 0. The molecule has 0 aliphatic heterocycles. The summed E-state index contributed by atoms with van der Waals surface area (Å²) in [5.41, 5.74) is 4.08. The van der Waals surface area contributed by atoms with Crippen LogP contribution in [0.2, 0.25) is 10.0 Å². The number of halogens is 2. The van der Waals surface area contributed by atoms with Crippen molar-refractivity contribution in [2.24, 2.45) is 7.05 Å². The smallest absolute Gasteiger partial charge is 0.223 e. The van der Waals surface area contributed by atoms with Crippen molar-refractivity contribution in [3.05, 3.63) is 79.5 Å². The maximum Gasteiger partial charge on any atom is 0.223 e. The molecule has 0 amide bonds. The normalized spacial score (nSPS) is 10.9. The van der Waals surface area contributed by atoms with Gasteiger partial charge in [-0.15, -0.1) is 0 Å². The van der Waals surface area contributed by atoms with E-state index in [9.17, 15) is 9.59 Å². The maximum absolute atomic E-state index is 13.3. The van der Waals surface area contributed by atoms with Crippen molar-refractivity contribution >= 4 is 34.8 Å². The van der Waals surface area contributed by atoms with Gasteiger partial charge in [-0.1, -0.05) is 53.0 Å². The topological polar surface area (TPSA) is 61.2 Å². The van der Waals surface area contributed by atoms with Crippen LogP contribution >= 0.6 is 23.2 Å². The molecule has 0 aliphatic rings. The fourth-order valence-electron chi connectivity index (χ4n) is 3.26. The number of ketones is 2. The van der Waals surface area contributed by atoms with E-state index in [0.717, 1.165) is 11.1 Å². The van der Waals surface area contributed by atoms with Crippen molar-refractivity contribution in [2.75, 3.05) is 6.61 Å². The molecular weight excluding hydrogens is 423 g/mol. The lowest BCUT2D eigenvalue weighted by Gasteiger charge is -2.12. The molecule has 0 saturated carbocycles. The second-order valence-corrected chi connectivity index (χ2v) is 8.05. The molecule has 156 valence electrons. The summed E-state index contributed by atoms with van der Waals surface area (Å²) in [7, 11) is 1.66. The molecule has 0 aliphatic carbocycles. The number of benzene rings is 2. The van der Waals surface area contributed by atoms with E-state index < -0.39 is 0 Å². The first-order chi connectivity index (χ1) is 14.1. The Hall–Kier alpha value is -2.63. The molecule has 0 unspecified atom stereocenters. The summed E-state index contributed by atoms with van der Waals surface area (Å²) < 4.78 is 7.22. The minimum Gasteiger partial charge on any atom is -0.469 e. The minimum atomic E-state index is -0.328. The first kappa shape index (κ1) is 22.1. The van der Waals surface area contributed by atoms with Crippen LogP contribution in [0.5, 0.6) is 5.88 Å². The van der Waals surface area contributed by atoms with Gasteiger partial charge < -0.3 is 4.74 Å². The van der Waals surface area contributed by atoms with E-state index in [2.05, 4.69) is 5.10 Å². The molecule has 5 nitrogen and oxygen atoms in total. The van der Waals surface area contributed by atoms with E-state index in [1.807, 2.05) is 26.0 Å². The summed E-state index contributed by atoms with van der Waals surface area (Å²) >= 11 is 12.7. The highest BCUT2D eigenvalue weighted by molar-refractivity contribution is 6.39. The number of carbonyl (C=O) groups is 2. The predicted octanol–water partition coefficient (Wildman–Crippen LogP) is 5.45. The van der Waals surface area contributed by atoms with Gasteiger partial charge in [0.05, 0.1) is 10.7 Å². The monoisotopic (exact) mass is 444 g/mol. The van der Waals surface area contributed by atoms with Gasteiger partial charge in [0.2, 0.25) is 11.7 Å². The van der Waals surface area contributed by atoms with Gasteiger partial charge in [0.25, 0.3) is 0 Å². The summed E-state index contributed by atoms with van der Waals surface area (Å²) in [5, 5.41) is 5.12. The fourth-order valence-corrected chi connectivity index (χ4v) is 3.69. The van der Waals surface area contributed by atoms with Gasteiger partial charge in [0, 0.05) is 23.2 Å². The molecule has 3 aromatic rings. The van der Waals surface area contributed by atoms with Gasteiger partial charge in [0.15, 0.2) is 12.4 Å². The van der Waals surface area contributed by atoms with Crippen LogP contribution in [0.4, 0.5) is 0 Å². The van der Waals surface area contributed by atoms with Gasteiger partial charge in [-0.2, -0.15) is 5.10 Å². The summed E-state index contributed by atoms with van der Waals surface area (Å²) in [6.07, 6.45) is 0. The van der Waals surface area contributed by atoms with E-state index in [4.69, 9.17) is 27.9 Å². The Bertz CT molecular complexity index is 1150. The van der Waals surface area contributed by atoms with Gasteiger partial charge in [0.1, 0.15) is 5.56 Å². The largest absolute Gasteiger partial charge is 0.469 e. The van der Waals surface area contributed by atoms with Crippen LogP contribution in [0.1, 0.15) is 48.7 Å². The van der Waals surface area contributed by atoms with Gasteiger partial charge in [-0.25, -0.2) is 4.68 Å².